The van der Waals surface area contributed by atoms with E-state index in [1.54, 1.807) is 18.2 Å². The summed E-state index contributed by atoms with van der Waals surface area (Å²) >= 11 is 12.0. The van der Waals surface area contributed by atoms with Crippen LogP contribution in [0.2, 0.25) is 10.0 Å². The summed E-state index contributed by atoms with van der Waals surface area (Å²) in [5.41, 5.74) is 2.56. The van der Waals surface area contributed by atoms with E-state index in [4.69, 9.17) is 23.2 Å². The Hall–Kier alpha value is -3.50. The Bertz CT molecular complexity index is 1580. The van der Waals surface area contributed by atoms with Gasteiger partial charge in [-0.1, -0.05) is 59.6 Å². The van der Waals surface area contributed by atoms with E-state index in [-0.39, 0.29) is 21.2 Å². The number of phenolic OH excluding ortho intramolecular Hbond substituents is 1. The van der Waals surface area contributed by atoms with E-state index >= 15 is 0 Å². The van der Waals surface area contributed by atoms with Crippen LogP contribution in [0.15, 0.2) is 88.9 Å². The average Bonchev–Trinajstić information content (AvgIpc) is 2.87. The number of aromatic hydroxyl groups is 1. The third kappa shape index (κ3) is 6.08. The monoisotopic (exact) mass is 559 g/mol. The van der Waals surface area contributed by atoms with Crippen LogP contribution in [-0.4, -0.2) is 36.5 Å². The molecule has 0 aliphatic heterocycles. The van der Waals surface area contributed by atoms with Crippen LogP contribution in [0.3, 0.4) is 0 Å². The van der Waals surface area contributed by atoms with E-state index in [1.807, 2.05) is 12.1 Å². The summed E-state index contributed by atoms with van der Waals surface area (Å²) in [5.74, 6) is -1.55. The SMILES string of the molecule is O=C(CN(Cc1c(F)cccc1Cl)S(=O)(=O)c1ccc(Cl)cc1)N/N=C\c1c(O)ccc2ccccc12. The number of carbonyl (C=O) groups is 1. The molecule has 0 saturated heterocycles. The molecule has 0 spiro atoms. The summed E-state index contributed by atoms with van der Waals surface area (Å²) in [6, 6.07) is 19.9. The normalized spacial score (nSPS) is 11.9. The number of sulfonamides is 1. The molecule has 0 unspecified atom stereocenters. The van der Waals surface area contributed by atoms with Gasteiger partial charge in [-0.15, -0.1) is 0 Å². The van der Waals surface area contributed by atoms with Crippen molar-refractivity contribution in [3.8, 4) is 5.75 Å². The molecule has 0 bridgehead atoms. The average molecular weight is 560 g/mol. The van der Waals surface area contributed by atoms with Gasteiger partial charge >= 0.3 is 0 Å². The molecule has 37 heavy (non-hydrogen) atoms. The van der Waals surface area contributed by atoms with Crippen LogP contribution in [-0.2, 0) is 21.4 Å². The molecule has 190 valence electrons. The predicted octanol–water partition coefficient (Wildman–Crippen LogP) is 5.33. The number of hydrazone groups is 1. The zero-order chi connectivity index (χ0) is 26.6. The van der Waals surface area contributed by atoms with Crippen molar-refractivity contribution >= 4 is 56.1 Å². The summed E-state index contributed by atoms with van der Waals surface area (Å²) in [7, 11) is -4.26. The van der Waals surface area contributed by atoms with Gasteiger partial charge in [-0.05, 0) is 53.2 Å². The molecule has 0 aliphatic carbocycles. The minimum absolute atomic E-state index is 0.0150. The number of carbonyl (C=O) groups excluding carboxylic acids is 1. The van der Waals surface area contributed by atoms with Crippen molar-refractivity contribution in [2.24, 2.45) is 5.10 Å². The van der Waals surface area contributed by atoms with Gasteiger partial charge in [-0.3, -0.25) is 4.79 Å². The van der Waals surface area contributed by atoms with Gasteiger partial charge < -0.3 is 5.11 Å². The molecule has 0 saturated carbocycles. The molecule has 4 aromatic carbocycles. The lowest BCUT2D eigenvalue weighted by Crippen LogP contribution is -2.39. The Morgan fingerprint density at radius 2 is 1.73 bits per heavy atom. The highest BCUT2D eigenvalue weighted by Gasteiger charge is 2.28. The largest absolute Gasteiger partial charge is 0.507 e. The minimum atomic E-state index is -4.26. The van der Waals surface area contributed by atoms with Gasteiger partial charge in [0.1, 0.15) is 11.6 Å². The Kier molecular flexibility index (Phi) is 8.09. The van der Waals surface area contributed by atoms with Gasteiger partial charge in [-0.2, -0.15) is 9.41 Å². The molecule has 7 nitrogen and oxygen atoms in total. The molecule has 11 heteroatoms. The number of hydrogen-bond acceptors (Lipinski definition) is 5. The quantitative estimate of drug-likeness (QED) is 0.225. The molecule has 0 heterocycles. The van der Waals surface area contributed by atoms with E-state index < -0.39 is 34.8 Å². The Morgan fingerprint density at radius 1 is 1.00 bits per heavy atom. The number of benzene rings is 4. The van der Waals surface area contributed by atoms with Crippen molar-refractivity contribution in [2.75, 3.05) is 6.54 Å². The molecule has 0 aliphatic rings. The number of amides is 1. The summed E-state index contributed by atoms with van der Waals surface area (Å²) in [4.78, 5) is 12.6. The van der Waals surface area contributed by atoms with Crippen molar-refractivity contribution in [3.05, 3.63) is 106 Å². The molecular formula is C26H20Cl2FN3O4S. The zero-order valence-corrected chi connectivity index (χ0v) is 21.4. The first-order valence-corrected chi connectivity index (χ1v) is 13.1. The van der Waals surface area contributed by atoms with Crippen LogP contribution in [0.1, 0.15) is 11.1 Å². The van der Waals surface area contributed by atoms with E-state index in [9.17, 15) is 22.7 Å². The molecular weight excluding hydrogens is 540 g/mol. The van der Waals surface area contributed by atoms with Crippen LogP contribution < -0.4 is 5.43 Å². The second kappa shape index (κ2) is 11.3. The van der Waals surface area contributed by atoms with Crippen molar-refractivity contribution < 1.29 is 22.7 Å². The number of fused-ring (bicyclic) bond motifs is 1. The third-order valence-corrected chi connectivity index (χ3v) is 7.91. The van der Waals surface area contributed by atoms with Crippen LogP contribution in [0, 0.1) is 5.82 Å². The maximum atomic E-state index is 14.5. The second-order valence-electron chi connectivity index (χ2n) is 7.94. The summed E-state index contributed by atoms with van der Waals surface area (Å²) < 4.78 is 42.0. The lowest BCUT2D eigenvalue weighted by Gasteiger charge is -2.22. The highest BCUT2D eigenvalue weighted by molar-refractivity contribution is 7.89. The van der Waals surface area contributed by atoms with Crippen LogP contribution in [0.4, 0.5) is 4.39 Å². The van der Waals surface area contributed by atoms with Gasteiger partial charge in [0.05, 0.1) is 17.7 Å². The van der Waals surface area contributed by atoms with Gasteiger partial charge in [0, 0.05) is 27.7 Å². The molecule has 0 fully saturated rings. The smallest absolute Gasteiger partial charge is 0.255 e. The first kappa shape index (κ1) is 26.6. The first-order chi connectivity index (χ1) is 17.7. The molecule has 1 amide bonds. The lowest BCUT2D eigenvalue weighted by molar-refractivity contribution is -0.121. The minimum Gasteiger partial charge on any atom is -0.507 e. The van der Waals surface area contributed by atoms with Crippen molar-refractivity contribution in [1.82, 2.24) is 9.73 Å². The topological polar surface area (TPSA) is 99.1 Å². The number of halogens is 3. The highest BCUT2D eigenvalue weighted by Crippen LogP contribution is 2.26. The van der Waals surface area contributed by atoms with Gasteiger partial charge in [0.2, 0.25) is 10.0 Å². The Morgan fingerprint density at radius 3 is 2.46 bits per heavy atom. The van der Waals surface area contributed by atoms with Crippen molar-refractivity contribution in [2.45, 2.75) is 11.4 Å². The molecule has 2 N–H and O–H groups in total. The number of nitrogens with zero attached hydrogens (tertiary/aromatic N) is 2. The zero-order valence-electron chi connectivity index (χ0n) is 19.1. The number of nitrogens with one attached hydrogen (secondary N) is 1. The first-order valence-electron chi connectivity index (χ1n) is 10.9. The van der Waals surface area contributed by atoms with E-state index in [1.165, 1.54) is 48.7 Å². The summed E-state index contributed by atoms with van der Waals surface area (Å²) in [6.45, 7) is -1.19. The summed E-state index contributed by atoms with van der Waals surface area (Å²) in [6.07, 6.45) is 1.27. The maximum absolute atomic E-state index is 14.5. The fourth-order valence-electron chi connectivity index (χ4n) is 3.63. The Balaban J connectivity index is 1.59. The van der Waals surface area contributed by atoms with Crippen molar-refractivity contribution in [1.29, 1.82) is 0 Å². The number of rotatable bonds is 8. The molecule has 4 aromatic rings. The van der Waals surface area contributed by atoms with Crippen LogP contribution in [0.25, 0.3) is 10.8 Å². The Labute approximate surface area is 222 Å². The maximum Gasteiger partial charge on any atom is 0.255 e. The fourth-order valence-corrected chi connectivity index (χ4v) is 5.34. The highest BCUT2D eigenvalue weighted by atomic mass is 35.5. The lowest BCUT2D eigenvalue weighted by atomic mass is 10.0. The van der Waals surface area contributed by atoms with E-state index in [2.05, 4.69) is 10.5 Å². The van der Waals surface area contributed by atoms with Crippen LogP contribution >= 0.6 is 23.2 Å². The number of phenols is 1. The second-order valence-corrected chi connectivity index (χ2v) is 10.7. The van der Waals surface area contributed by atoms with Gasteiger partial charge in [0.15, 0.2) is 0 Å². The number of hydrogen-bond donors (Lipinski definition) is 2. The third-order valence-electron chi connectivity index (χ3n) is 5.50. The predicted molar refractivity (Wildman–Crippen MR) is 142 cm³/mol. The van der Waals surface area contributed by atoms with Crippen LogP contribution in [0.5, 0.6) is 5.75 Å². The van der Waals surface area contributed by atoms with E-state index in [0.717, 1.165) is 15.8 Å². The van der Waals surface area contributed by atoms with Crippen molar-refractivity contribution in [3.63, 3.8) is 0 Å². The van der Waals surface area contributed by atoms with Gasteiger partial charge in [-0.25, -0.2) is 18.2 Å². The molecule has 0 aromatic heterocycles. The molecule has 0 radical (unpaired) electrons. The van der Waals surface area contributed by atoms with E-state index in [0.29, 0.717) is 16.0 Å². The molecule has 4 rings (SSSR count). The fraction of sp³-hybridized carbons (Fsp3) is 0.0769. The van der Waals surface area contributed by atoms with Gasteiger partial charge in [0.25, 0.3) is 5.91 Å². The standard InChI is InChI=1S/C26H20Cl2FN3O4S/c27-18-9-11-19(12-10-18)37(35,36)32(15-22-23(28)6-3-7-24(22)29)16-26(34)31-30-14-21-20-5-2-1-4-17(20)8-13-25(21)33/h1-14,33H,15-16H2,(H,31,34)/b30-14-. The summed E-state index contributed by atoms with van der Waals surface area (Å²) in [5, 5.41) is 16.0. The molecule has 0 atom stereocenters.